The Hall–Kier alpha value is -1.45. The molecular formula is C22H28N2O4S2. The highest BCUT2D eigenvalue weighted by Gasteiger charge is 2.31. The SMILES string of the molecule is O=C1/C(=C/c2ccc(OCC3CCCO3)cc2)SC(=S)N1CCCN1CCOCC1. The topological polar surface area (TPSA) is 51.2 Å². The number of hydrogen-bond donors (Lipinski definition) is 0. The Morgan fingerprint density at radius 2 is 1.97 bits per heavy atom. The second-order valence-electron chi connectivity index (χ2n) is 7.66. The van der Waals surface area contributed by atoms with Crippen LogP contribution >= 0.6 is 24.0 Å². The first-order valence-electron chi connectivity index (χ1n) is 10.6. The molecule has 3 fully saturated rings. The molecule has 1 unspecified atom stereocenters. The molecule has 0 aliphatic carbocycles. The van der Waals surface area contributed by atoms with Crippen LogP contribution in [-0.4, -0.2) is 78.7 Å². The largest absolute Gasteiger partial charge is 0.491 e. The van der Waals surface area contributed by atoms with Gasteiger partial charge in [-0.3, -0.25) is 14.6 Å². The Kier molecular flexibility index (Phi) is 7.78. The fourth-order valence-corrected chi connectivity index (χ4v) is 5.06. The van der Waals surface area contributed by atoms with Crippen molar-refractivity contribution in [1.29, 1.82) is 0 Å². The maximum atomic E-state index is 12.8. The number of morpholine rings is 1. The van der Waals surface area contributed by atoms with E-state index in [-0.39, 0.29) is 12.0 Å². The van der Waals surface area contributed by atoms with Crippen LogP contribution in [0.5, 0.6) is 5.75 Å². The van der Waals surface area contributed by atoms with Gasteiger partial charge in [0.05, 0.1) is 24.2 Å². The van der Waals surface area contributed by atoms with E-state index in [1.165, 1.54) is 11.8 Å². The molecular weight excluding hydrogens is 420 g/mol. The third-order valence-corrected chi connectivity index (χ3v) is 6.85. The van der Waals surface area contributed by atoms with Crippen molar-refractivity contribution >= 4 is 40.3 Å². The van der Waals surface area contributed by atoms with Crippen molar-refractivity contribution in [2.75, 3.05) is 52.6 Å². The molecule has 0 N–H and O–H groups in total. The van der Waals surface area contributed by atoms with Gasteiger partial charge >= 0.3 is 0 Å². The number of thioether (sulfide) groups is 1. The second kappa shape index (κ2) is 10.7. The molecule has 4 rings (SSSR count). The zero-order valence-corrected chi connectivity index (χ0v) is 18.7. The summed E-state index contributed by atoms with van der Waals surface area (Å²) < 4.78 is 17.4. The number of benzene rings is 1. The van der Waals surface area contributed by atoms with Gasteiger partial charge in [-0.05, 0) is 43.0 Å². The minimum atomic E-state index is 0.00526. The van der Waals surface area contributed by atoms with Gasteiger partial charge in [0, 0.05) is 32.8 Å². The van der Waals surface area contributed by atoms with Gasteiger partial charge in [0.2, 0.25) is 0 Å². The van der Waals surface area contributed by atoms with Crippen LogP contribution in [-0.2, 0) is 14.3 Å². The summed E-state index contributed by atoms with van der Waals surface area (Å²) in [5.41, 5.74) is 0.966. The van der Waals surface area contributed by atoms with Crippen LogP contribution in [0.2, 0.25) is 0 Å². The fourth-order valence-electron chi connectivity index (χ4n) is 3.75. The van der Waals surface area contributed by atoms with E-state index in [2.05, 4.69) is 4.90 Å². The molecule has 0 radical (unpaired) electrons. The molecule has 8 heteroatoms. The standard InChI is InChI=1S/C22H28N2O4S2/c25-21-20(30-22(29)24(21)9-2-8-23-10-13-26-14-11-23)15-17-4-6-18(7-5-17)28-16-19-3-1-12-27-19/h4-7,15,19H,1-3,8-14,16H2/b20-15-. The lowest BCUT2D eigenvalue weighted by molar-refractivity contribution is -0.122. The Morgan fingerprint density at radius 3 is 2.70 bits per heavy atom. The van der Waals surface area contributed by atoms with Crippen LogP contribution in [0.25, 0.3) is 6.08 Å². The zero-order chi connectivity index (χ0) is 20.8. The maximum absolute atomic E-state index is 12.8. The summed E-state index contributed by atoms with van der Waals surface area (Å²) in [5, 5.41) is 0. The summed E-state index contributed by atoms with van der Waals surface area (Å²) in [6.07, 6.45) is 5.20. The van der Waals surface area contributed by atoms with Gasteiger partial charge in [0.25, 0.3) is 5.91 Å². The molecule has 1 aromatic rings. The molecule has 6 nitrogen and oxygen atoms in total. The summed E-state index contributed by atoms with van der Waals surface area (Å²) in [7, 11) is 0. The van der Waals surface area contributed by atoms with E-state index >= 15 is 0 Å². The first-order valence-corrected chi connectivity index (χ1v) is 11.8. The molecule has 3 saturated heterocycles. The first-order chi connectivity index (χ1) is 14.7. The molecule has 3 aliphatic rings. The average Bonchev–Trinajstić information content (AvgIpc) is 3.38. The van der Waals surface area contributed by atoms with Crippen LogP contribution in [0.1, 0.15) is 24.8 Å². The van der Waals surface area contributed by atoms with Gasteiger partial charge in [-0.2, -0.15) is 0 Å². The lowest BCUT2D eigenvalue weighted by Gasteiger charge is -2.27. The van der Waals surface area contributed by atoms with Crippen molar-refractivity contribution in [2.24, 2.45) is 0 Å². The van der Waals surface area contributed by atoms with Crippen molar-refractivity contribution in [2.45, 2.75) is 25.4 Å². The fraction of sp³-hybridized carbons (Fsp3) is 0.545. The number of hydrogen-bond acceptors (Lipinski definition) is 7. The van der Waals surface area contributed by atoms with Crippen LogP contribution < -0.4 is 4.74 Å². The minimum Gasteiger partial charge on any atom is -0.491 e. The predicted octanol–water partition coefficient (Wildman–Crippen LogP) is 3.17. The van der Waals surface area contributed by atoms with Crippen LogP contribution in [0.3, 0.4) is 0 Å². The summed E-state index contributed by atoms with van der Waals surface area (Å²) in [4.78, 5) is 17.6. The molecule has 1 aromatic carbocycles. The van der Waals surface area contributed by atoms with Gasteiger partial charge in [-0.15, -0.1) is 0 Å². The summed E-state index contributed by atoms with van der Waals surface area (Å²) >= 11 is 6.83. The molecule has 162 valence electrons. The Morgan fingerprint density at radius 1 is 1.17 bits per heavy atom. The van der Waals surface area contributed by atoms with E-state index in [9.17, 15) is 4.79 Å². The lowest BCUT2D eigenvalue weighted by Crippen LogP contribution is -2.38. The van der Waals surface area contributed by atoms with Crippen LogP contribution in [0.4, 0.5) is 0 Å². The third-order valence-electron chi connectivity index (χ3n) is 5.47. The minimum absolute atomic E-state index is 0.00526. The Labute approximate surface area is 187 Å². The molecule has 3 heterocycles. The smallest absolute Gasteiger partial charge is 0.266 e. The maximum Gasteiger partial charge on any atom is 0.266 e. The quantitative estimate of drug-likeness (QED) is 0.447. The summed E-state index contributed by atoms with van der Waals surface area (Å²) in [5.74, 6) is 0.823. The molecule has 1 atom stereocenters. The van der Waals surface area contributed by atoms with Crippen LogP contribution in [0.15, 0.2) is 29.2 Å². The normalized spacial score (nSPS) is 24.2. The number of ether oxygens (including phenoxy) is 3. The zero-order valence-electron chi connectivity index (χ0n) is 17.1. The number of thiocarbonyl (C=S) groups is 1. The predicted molar refractivity (Wildman–Crippen MR) is 123 cm³/mol. The highest BCUT2D eigenvalue weighted by molar-refractivity contribution is 8.26. The van der Waals surface area contributed by atoms with Crippen molar-refractivity contribution in [3.63, 3.8) is 0 Å². The molecule has 0 saturated carbocycles. The highest BCUT2D eigenvalue weighted by Crippen LogP contribution is 2.33. The number of carbonyl (C=O) groups excluding carboxylic acids is 1. The molecule has 0 aromatic heterocycles. The van der Waals surface area contributed by atoms with Crippen molar-refractivity contribution in [3.05, 3.63) is 34.7 Å². The van der Waals surface area contributed by atoms with Gasteiger partial charge < -0.3 is 14.2 Å². The number of carbonyl (C=O) groups is 1. The van der Waals surface area contributed by atoms with Crippen molar-refractivity contribution in [1.82, 2.24) is 9.80 Å². The Balaban J connectivity index is 1.27. The van der Waals surface area contributed by atoms with E-state index in [1.807, 2.05) is 30.3 Å². The van der Waals surface area contributed by atoms with E-state index in [4.69, 9.17) is 26.4 Å². The third kappa shape index (κ3) is 5.82. The van der Waals surface area contributed by atoms with E-state index in [0.717, 1.165) is 70.0 Å². The molecule has 0 bridgehead atoms. The molecule has 0 spiro atoms. The average molecular weight is 449 g/mol. The molecule has 1 amide bonds. The Bertz CT molecular complexity index is 772. The number of nitrogens with zero attached hydrogens (tertiary/aromatic N) is 2. The highest BCUT2D eigenvalue weighted by atomic mass is 32.2. The van der Waals surface area contributed by atoms with Crippen molar-refractivity contribution < 1.29 is 19.0 Å². The van der Waals surface area contributed by atoms with E-state index in [1.54, 1.807) is 4.90 Å². The lowest BCUT2D eigenvalue weighted by atomic mass is 10.2. The summed E-state index contributed by atoms with van der Waals surface area (Å²) in [6.45, 7) is 6.56. The van der Waals surface area contributed by atoms with E-state index < -0.39 is 0 Å². The van der Waals surface area contributed by atoms with Crippen molar-refractivity contribution in [3.8, 4) is 5.75 Å². The summed E-state index contributed by atoms with van der Waals surface area (Å²) in [6, 6.07) is 7.80. The first kappa shape index (κ1) is 21.8. The van der Waals surface area contributed by atoms with Crippen LogP contribution in [0, 0.1) is 0 Å². The van der Waals surface area contributed by atoms with Gasteiger partial charge in [-0.25, -0.2) is 0 Å². The molecule has 30 heavy (non-hydrogen) atoms. The number of amides is 1. The number of rotatable bonds is 8. The second-order valence-corrected chi connectivity index (χ2v) is 9.33. The monoisotopic (exact) mass is 448 g/mol. The van der Waals surface area contributed by atoms with Gasteiger partial charge in [-0.1, -0.05) is 36.1 Å². The van der Waals surface area contributed by atoms with Gasteiger partial charge in [0.1, 0.15) is 16.7 Å². The van der Waals surface area contributed by atoms with E-state index in [0.29, 0.717) is 22.4 Å². The van der Waals surface area contributed by atoms with Gasteiger partial charge in [0.15, 0.2) is 0 Å². The molecule has 3 aliphatic heterocycles.